The van der Waals surface area contributed by atoms with Crippen molar-refractivity contribution in [3.8, 4) is 0 Å². The van der Waals surface area contributed by atoms with Gasteiger partial charge >= 0.3 is 0 Å². The summed E-state index contributed by atoms with van der Waals surface area (Å²) in [7, 11) is 0. The quantitative estimate of drug-likeness (QED) is 0.531. The van der Waals surface area contributed by atoms with Gasteiger partial charge in [-0.25, -0.2) is 8.78 Å². The molecule has 5 rings (SSSR count). The molecule has 4 nitrogen and oxygen atoms in total. The maximum absolute atomic E-state index is 14.3. The van der Waals surface area contributed by atoms with Crippen molar-refractivity contribution in [2.45, 2.75) is 25.9 Å². The Morgan fingerprint density at radius 2 is 1.38 bits per heavy atom. The van der Waals surface area contributed by atoms with E-state index in [1.54, 1.807) is 24.3 Å². The molecule has 1 heterocycles. The summed E-state index contributed by atoms with van der Waals surface area (Å²) in [5.74, 6) is -2.44. The highest BCUT2D eigenvalue weighted by Crippen LogP contribution is 2.43. The van der Waals surface area contributed by atoms with Crippen LogP contribution in [0.25, 0.3) is 0 Å². The molecule has 2 aliphatic rings. The Balaban J connectivity index is 1.48. The third kappa shape index (κ3) is 3.58. The standard InChI is InChI=1S/C28H26F2N2O2/c1-18-7-8-20(19(2)13-18)17-31-9-11-32(12-10-31)28(21-14-22(29)16-23(30)15-21)26(33)24-5-3-4-6-25(24)27(28)34/h3-8,13-16H,9-12,17H2,1-2H3. The van der Waals surface area contributed by atoms with Crippen molar-refractivity contribution in [1.82, 2.24) is 9.80 Å². The molecule has 174 valence electrons. The van der Waals surface area contributed by atoms with Gasteiger partial charge in [0.15, 0.2) is 17.1 Å². The van der Waals surface area contributed by atoms with Crippen LogP contribution in [0, 0.1) is 25.5 Å². The number of carbonyl (C=O) groups is 2. The topological polar surface area (TPSA) is 40.6 Å². The SMILES string of the molecule is Cc1ccc(CN2CCN(C3(c4cc(F)cc(F)c4)C(=O)c4ccccc4C3=O)CC2)c(C)c1. The van der Waals surface area contributed by atoms with Crippen molar-refractivity contribution in [3.63, 3.8) is 0 Å². The second-order valence-corrected chi connectivity index (χ2v) is 9.27. The molecule has 0 amide bonds. The van der Waals surface area contributed by atoms with Gasteiger partial charge in [-0.2, -0.15) is 0 Å². The molecule has 34 heavy (non-hydrogen) atoms. The molecule has 0 radical (unpaired) electrons. The van der Waals surface area contributed by atoms with Gasteiger partial charge in [0.1, 0.15) is 11.6 Å². The predicted octanol–water partition coefficient (Wildman–Crippen LogP) is 4.67. The van der Waals surface area contributed by atoms with Crippen LogP contribution in [0.1, 0.15) is 43.0 Å². The molecule has 0 aromatic heterocycles. The largest absolute Gasteiger partial charge is 0.297 e. The van der Waals surface area contributed by atoms with Gasteiger partial charge in [0.05, 0.1) is 0 Å². The summed E-state index contributed by atoms with van der Waals surface area (Å²) in [5.41, 5.74) is 2.59. The summed E-state index contributed by atoms with van der Waals surface area (Å²) in [5, 5.41) is 0. The van der Waals surface area contributed by atoms with Gasteiger partial charge in [-0.15, -0.1) is 0 Å². The number of hydrogen-bond donors (Lipinski definition) is 0. The van der Waals surface area contributed by atoms with E-state index < -0.39 is 28.7 Å². The third-order valence-electron chi connectivity index (χ3n) is 7.09. The summed E-state index contributed by atoms with van der Waals surface area (Å²) in [6.07, 6.45) is 0. The van der Waals surface area contributed by atoms with Crippen LogP contribution in [-0.2, 0) is 12.1 Å². The fourth-order valence-electron chi connectivity index (χ4n) is 5.37. The summed E-state index contributed by atoms with van der Waals surface area (Å²) >= 11 is 0. The predicted molar refractivity (Wildman–Crippen MR) is 126 cm³/mol. The van der Waals surface area contributed by atoms with Crippen molar-refractivity contribution in [3.05, 3.63) is 106 Å². The maximum atomic E-state index is 14.3. The minimum atomic E-state index is -1.75. The van der Waals surface area contributed by atoms with Gasteiger partial charge in [0.25, 0.3) is 0 Å². The number of halogens is 2. The molecule has 1 saturated heterocycles. The van der Waals surface area contributed by atoms with Crippen LogP contribution < -0.4 is 0 Å². The zero-order valence-electron chi connectivity index (χ0n) is 19.3. The monoisotopic (exact) mass is 460 g/mol. The molecular formula is C28H26F2N2O2. The first-order chi connectivity index (χ1) is 16.3. The van der Waals surface area contributed by atoms with Gasteiger partial charge in [0, 0.05) is 49.9 Å². The molecule has 0 bridgehead atoms. The molecule has 0 unspecified atom stereocenters. The Morgan fingerprint density at radius 3 is 1.94 bits per heavy atom. The Labute approximate surface area is 197 Å². The van der Waals surface area contributed by atoms with E-state index >= 15 is 0 Å². The summed E-state index contributed by atoms with van der Waals surface area (Å²) in [6, 6.07) is 16.0. The summed E-state index contributed by atoms with van der Waals surface area (Å²) in [4.78, 5) is 31.7. The van der Waals surface area contributed by atoms with Gasteiger partial charge in [-0.05, 0) is 42.7 Å². The minimum absolute atomic E-state index is 0.0547. The summed E-state index contributed by atoms with van der Waals surface area (Å²) in [6.45, 7) is 7.04. The molecule has 0 spiro atoms. The van der Waals surface area contributed by atoms with Gasteiger partial charge < -0.3 is 0 Å². The van der Waals surface area contributed by atoms with Gasteiger partial charge in [-0.1, -0.05) is 48.0 Å². The fraction of sp³-hybridized carbons (Fsp3) is 0.286. The lowest BCUT2D eigenvalue weighted by Crippen LogP contribution is -2.60. The first kappa shape index (κ1) is 22.6. The first-order valence-electron chi connectivity index (χ1n) is 11.5. The van der Waals surface area contributed by atoms with Crippen LogP contribution in [0.5, 0.6) is 0 Å². The maximum Gasteiger partial charge on any atom is 0.196 e. The van der Waals surface area contributed by atoms with E-state index in [0.29, 0.717) is 37.3 Å². The van der Waals surface area contributed by atoms with Crippen LogP contribution in [0.15, 0.2) is 60.7 Å². The number of carbonyl (C=O) groups excluding carboxylic acids is 2. The van der Waals surface area contributed by atoms with E-state index in [4.69, 9.17) is 0 Å². The van der Waals surface area contributed by atoms with Crippen LogP contribution >= 0.6 is 0 Å². The van der Waals surface area contributed by atoms with Crippen molar-refractivity contribution in [2.24, 2.45) is 0 Å². The van der Waals surface area contributed by atoms with Crippen LogP contribution in [0.3, 0.4) is 0 Å². The average molecular weight is 461 g/mol. The number of Topliss-reactive ketones (excluding diaryl/α,β-unsaturated/α-hetero) is 2. The molecular weight excluding hydrogens is 434 g/mol. The first-order valence-corrected chi connectivity index (χ1v) is 11.5. The van der Waals surface area contributed by atoms with Gasteiger partial charge in [0.2, 0.25) is 0 Å². The van der Waals surface area contributed by atoms with Crippen LogP contribution in [0.4, 0.5) is 8.78 Å². The molecule has 1 fully saturated rings. The lowest BCUT2D eigenvalue weighted by atomic mass is 9.82. The second kappa shape index (κ2) is 8.53. The summed E-state index contributed by atoms with van der Waals surface area (Å²) < 4.78 is 28.6. The molecule has 6 heteroatoms. The second-order valence-electron chi connectivity index (χ2n) is 9.27. The third-order valence-corrected chi connectivity index (χ3v) is 7.09. The minimum Gasteiger partial charge on any atom is -0.297 e. The highest BCUT2D eigenvalue weighted by molar-refractivity contribution is 6.32. The van der Waals surface area contributed by atoms with E-state index in [1.807, 2.05) is 4.90 Å². The molecule has 0 N–H and O–H groups in total. The highest BCUT2D eigenvalue weighted by atomic mass is 19.1. The number of ketones is 2. The molecule has 3 aromatic carbocycles. The molecule has 0 saturated carbocycles. The normalized spacial score (nSPS) is 18.4. The number of aryl methyl sites for hydroxylation is 2. The lowest BCUT2D eigenvalue weighted by Gasteiger charge is -2.44. The van der Waals surface area contributed by atoms with Crippen LogP contribution in [-0.4, -0.2) is 47.5 Å². The fourth-order valence-corrected chi connectivity index (χ4v) is 5.37. The number of fused-ring (bicyclic) bond motifs is 1. The molecule has 3 aromatic rings. The zero-order valence-corrected chi connectivity index (χ0v) is 19.3. The smallest absolute Gasteiger partial charge is 0.196 e. The Morgan fingerprint density at radius 1 is 0.794 bits per heavy atom. The molecule has 0 atom stereocenters. The number of nitrogens with zero attached hydrogens (tertiary/aromatic N) is 2. The molecule has 1 aliphatic carbocycles. The van der Waals surface area contributed by atoms with E-state index in [1.165, 1.54) is 16.7 Å². The van der Waals surface area contributed by atoms with Gasteiger partial charge in [-0.3, -0.25) is 19.4 Å². The molecule has 1 aliphatic heterocycles. The Kier molecular flexibility index (Phi) is 5.66. The lowest BCUT2D eigenvalue weighted by molar-refractivity contribution is 0.0277. The number of benzene rings is 3. The van der Waals surface area contributed by atoms with E-state index in [0.717, 1.165) is 24.7 Å². The number of rotatable bonds is 4. The van der Waals surface area contributed by atoms with E-state index in [2.05, 4.69) is 36.9 Å². The van der Waals surface area contributed by atoms with Crippen molar-refractivity contribution >= 4 is 11.6 Å². The van der Waals surface area contributed by atoms with Crippen molar-refractivity contribution < 1.29 is 18.4 Å². The van der Waals surface area contributed by atoms with Crippen LogP contribution in [0.2, 0.25) is 0 Å². The van der Waals surface area contributed by atoms with Crippen molar-refractivity contribution in [2.75, 3.05) is 26.2 Å². The Hall–Kier alpha value is -3.22. The average Bonchev–Trinajstić information content (AvgIpc) is 3.03. The number of hydrogen-bond acceptors (Lipinski definition) is 4. The number of piperazine rings is 1. The van der Waals surface area contributed by atoms with E-state index in [9.17, 15) is 18.4 Å². The zero-order chi connectivity index (χ0) is 24.0. The highest BCUT2D eigenvalue weighted by Gasteiger charge is 2.58. The Bertz CT molecular complexity index is 1240. The van der Waals surface area contributed by atoms with E-state index in [-0.39, 0.29) is 5.56 Å². The van der Waals surface area contributed by atoms with Crippen molar-refractivity contribution in [1.29, 1.82) is 0 Å².